The number of hydrogen-bond acceptors (Lipinski definition) is 6. The molecule has 0 radical (unpaired) electrons. The number of carbonyl (C=O) groups excluding carboxylic acids is 1. The molecule has 1 heterocycles. The lowest BCUT2D eigenvalue weighted by Gasteiger charge is -2.10. The summed E-state index contributed by atoms with van der Waals surface area (Å²) in [6, 6.07) is 11.1. The van der Waals surface area contributed by atoms with Gasteiger partial charge in [-0.05, 0) is 31.0 Å². The molecule has 8 nitrogen and oxygen atoms in total. The van der Waals surface area contributed by atoms with Crippen LogP contribution < -0.4 is 5.32 Å². The number of aromatic nitrogens is 3. The number of anilines is 1. The van der Waals surface area contributed by atoms with Gasteiger partial charge in [-0.1, -0.05) is 43.0 Å². The first-order valence-electron chi connectivity index (χ1n) is 8.80. The van der Waals surface area contributed by atoms with Crippen molar-refractivity contribution in [2.45, 2.75) is 30.7 Å². The van der Waals surface area contributed by atoms with E-state index in [9.17, 15) is 19.3 Å². The molecular formula is C19H18FN5O3S. The van der Waals surface area contributed by atoms with Gasteiger partial charge >= 0.3 is 5.69 Å². The summed E-state index contributed by atoms with van der Waals surface area (Å²) in [5.41, 5.74) is 1.55. The predicted octanol–water partition coefficient (Wildman–Crippen LogP) is 4.20. The number of carbonyl (C=O) groups is 1. The Bertz CT molecular complexity index is 1040. The second-order valence-electron chi connectivity index (χ2n) is 6.19. The van der Waals surface area contributed by atoms with E-state index in [4.69, 9.17) is 0 Å². The summed E-state index contributed by atoms with van der Waals surface area (Å²) in [7, 11) is 0. The van der Waals surface area contributed by atoms with Crippen molar-refractivity contribution in [3.63, 3.8) is 0 Å². The molecule has 0 saturated carbocycles. The molecule has 3 rings (SSSR count). The molecule has 2 N–H and O–H groups in total. The van der Waals surface area contributed by atoms with E-state index in [-0.39, 0.29) is 5.69 Å². The van der Waals surface area contributed by atoms with E-state index < -0.39 is 27.6 Å². The molecular weight excluding hydrogens is 397 g/mol. The van der Waals surface area contributed by atoms with Gasteiger partial charge in [0.15, 0.2) is 5.82 Å². The Morgan fingerprint density at radius 3 is 2.69 bits per heavy atom. The minimum absolute atomic E-state index is 0.141. The van der Waals surface area contributed by atoms with Crippen LogP contribution in [0.1, 0.15) is 19.4 Å². The molecule has 10 heteroatoms. The molecule has 2 aromatic carbocycles. The van der Waals surface area contributed by atoms with Gasteiger partial charge in [0.1, 0.15) is 0 Å². The van der Waals surface area contributed by atoms with Crippen LogP contribution >= 0.6 is 11.8 Å². The highest BCUT2D eigenvalue weighted by Gasteiger charge is 2.20. The first-order valence-corrected chi connectivity index (χ1v) is 9.68. The number of nitrogens with zero attached hydrogens (tertiary/aromatic N) is 3. The Hall–Kier alpha value is -3.27. The summed E-state index contributed by atoms with van der Waals surface area (Å²) in [5.74, 6) is -0.776. The Morgan fingerprint density at radius 2 is 2.03 bits per heavy atom. The molecule has 150 valence electrons. The number of amides is 1. The van der Waals surface area contributed by atoms with Gasteiger partial charge in [-0.15, -0.1) is 5.10 Å². The van der Waals surface area contributed by atoms with Crippen LogP contribution in [0.4, 0.5) is 15.8 Å². The zero-order chi connectivity index (χ0) is 21.0. The number of benzene rings is 2. The van der Waals surface area contributed by atoms with Gasteiger partial charge in [0.25, 0.3) is 0 Å². The highest BCUT2D eigenvalue weighted by molar-refractivity contribution is 8.00. The van der Waals surface area contributed by atoms with Crippen molar-refractivity contribution in [1.29, 1.82) is 0 Å². The quantitative estimate of drug-likeness (QED) is 0.340. The van der Waals surface area contributed by atoms with Gasteiger partial charge in [0.2, 0.25) is 16.9 Å². The molecule has 3 aromatic rings. The predicted molar refractivity (Wildman–Crippen MR) is 108 cm³/mol. The third-order valence-corrected chi connectivity index (χ3v) is 5.12. The van der Waals surface area contributed by atoms with E-state index in [1.807, 2.05) is 24.3 Å². The van der Waals surface area contributed by atoms with Crippen LogP contribution in [0.3, 0.4) is 0 Å². The number of aromatic amines is 1. The van der Waals surface area contributed by atoms with Crippen molar-refractivity contribution < 1.29 is 14.1 Å². The van der Waals surface area contributed by atoms with E-state index in [0.29, 0.717) is 11.0 Å². The lowest BCUT2D eigenvalue weighted by Crippen LogP contribution is -2.22. The van der Waals surface area contributed by atoms with E-state index in [2.05, 4.69) is 27.4 Å². The van der Waals surface area contributed by atoms with Crippen LogP contribution in [0, 0.1) is 15.9 Å². The number of halogens is 1. The second kappa shape index (κ2) is 8.82. The number of aryl methyl sites for hydroxylation is 1. The minimum Gasteiger partial charge on any atom is -0.325 e. The molecule has 1 atom stereocenters. The molecule has 0 spiro atoms. The van der Waals surface area contributed by atoms with Gasteiger partial charge < -0.3 is 5.32 Å². The van der Waals surface area contributed by atoms with Crippen LogP contribution in [-0.2, 0) is 11.2 Å². The van der Waals surface area contributed by atoms with Crippen molar-refractivity contribution in [3.05, 3.63) is 64.0 Å². The third kappa shape index (κ3) is 4.96. The summed E-state index contributed by atoms with van der Waals surface area (Å²) in [5, 5.41) is 20.1. The van der Waals surface area contributed by atoms with Crippen molar-refractivity contribution in [1.82, 2.24) is 15.2 Å². The summed E-state index contributed by atoms with van der Waals surface area (Å²) in [4.78, 5) is 26.7. The molecule has 1 amide bonds. The summed E-state index contributed by atoms with van der Waals surface area (Å²) in [6.45, 7) is 3.73. The Balaban J connectivity index is 1.65. The fourth-order valence-corrected chi connectivity index (χ4v) is 3.24. The molecule has 0 unspecified atom stereocenters. The van der Waals surface area contributed by atoms with Gasteiger partial charge in [0.05, 0.1) is 10.2 Å². The zero-order valence-electron chi connectivity index (χ0n) is 15.7. The molecule has 0 aliphatic heterocycles. The molecule has 29 heavy (non-hydrogen) atoms. The monoisotopic (exact) mass is 415 g/mol. The second-order valence-corrected chi connectivity index (χ2v) is 7.50. The van der Waals surface area contributed by atoms with Crippen molar-refractivity contribution in [2.75, 3.05) is 5.32 Å². The van der Waals surface area contributed by atoms with E-state index >= 15 is 0 Å². The maximum atomic E-state index is 13.4. The number of thioether (sulfide) groups is 1. The maximum absolute atomic E-state index is 13.4. The number of nitro benzene ring substituents is 1. The van der Waals surface area contributed by atoms with Crippen LogP contribution in [0.25, 0.3) is 11.4 Å². The maximum Gasteiger partial charge on any atom is 0.306 e. The first-order chi connectivity index (χ1) is 13.9. The number of nitrogens with one attached hydrogen (secondary N) is 2. The van der Waals surface area contributed by atoms with E-state index in [1.54, 1.807) is 6.92 Å². The Labute approximate surface area is 170 Å². The summed E-state index contributed by atoms with van der Waals surface area (Å²) < 4.78 is 13.4. The molecule has 1 aromatic heterocycles. The normalized spacial score (nSPS) is 11.8. The highest BCUT2D eigenvalue weighted by atomic mass is 32.2. The smallest absolute Gasteiger partial charge is 0.306 e. The van der Waals surface area contributed by atoms with Gasteiger partial charge in [-0.25, -0.2) is 4.98 Å². The van der Waals surface area contributed by atoms with E-state index in [1.165, 1.54) is 11.6 Å². The third-order valence-electron chi connectivity index (χ3n) is 4.16. The van der Waals surface area contributed by atoms with Crippen molar-refractivity contribution in [3.8, 4) is 11.4 Å². The highest BCUT2D eigenvalue weighted by Crippen LogP contribution is 2.25. The van der Waals surface area contributed by atoms with Gasteiger partial charge in [-0.2, -0.15) is 4.39 Å². The van der Waals surface area contributed by atoms with E-state index in [0.717, 1.165) is 35.9 Å². The van der Waals surface area contributed by atoms with Crippen molar-refractivity contribution >= 4 is 29.0 Å². The lowest BCUT2D eigenvalue weighted by atomic mass is 10.1. The lowest BCUT2D eigenvalue weighted by molar-refractivity contribution is -0.387. The van der Waals surface area contributed by atoms with Crippen molar-refractivity contribution in [2.24, 2.45) is 0 Å². The molecule has 0 saturated heterocycles. The number of hydrogen-bond donors (Lipinski definition) is 2. The summed E-state index contributed by atoms with van der Waals surface area (Å²) >= 11 is 1.13. The average Bonchev–Trinajstić information content (AvgIpc) is 3.17. The van der Waals surface area contributed by atoms with Crippen LogP contribution in [0.15, 0.2) is 47.6 Å². The minimum atomic E-state index is -0.962. The van der Waals surface area contributed by atoms with Gasteiger partial charge in [0, 0.05) is 17.3 Å². The Kier molecular flexibility index (Phi) is 6.23. The number of rotatable bonds is 7. The molecule has 0 aliphatic rings. The van der Waals surface area contributed by atoms with Crippen LogP contribution in [0.5, 0.6) is 0 Å². The average molecular weight is 415 g/mol. The largest absolute Gasteiger partial charge is 0.325 e. The Morgan fingerprint density at radius 1 is 1.31 bits per heavy atom. The molecule has 0 aliphatic carbocycles. The molecule has 0 fully saturated rings. The standard InChI is InChI=1S/C19H18FN5O3S/c1-3-12-4-6-13(7-5-12)17-22-19(24-23-17)29-11(2)18(26)21-14-8-9-15(20)16(10-14)25(27)28/h4-11H,3H2,1-2H3,(H,21,26)(H,22,23,24)/t11-/m1/s1. The van der Waals surface area contributed by atoms with Crippen LogP contribution in [0.2, 0.25) is 0 Å². The van der Waals surface area contributed by atoms with Crippen LogP contribution in [-0.4, -0.2) is 31.3 Å². The SMILES string of the molecule is CCc1ccc(-c2nc(S[C@H](C)C(=O)Nc3ccc(F)c([N+](=O)[O-])c3)n[nH]2)cc1. The first kappa shape index (κ1) is 20.5. The molecule has 0 bridgehead atoms. The zero-order valence-corrected chi connectivity index (χ0v) is 16.5. The van der Waals surface area contributed by atoms with Gasteiger partial charge in [-0.3, -0.25) is 20.0 Å². The summed E-state index contributed by atoms with van der Waals surface area (Å²) in [6.07, 6.45) is 0.946. The number of H-pyrrole nitrogens is 1. The number of nitro groups is 1. The topological polar surface area (TPSA) is 114 Å². The fourth-order valence-electron chi connectivity index (χ4n) is 2.51. The fraction of sp³-hybridized carbons (Fsp3) is 0.211.